The molecule has 2 aromatic heterocycles. The van der Waals surface area contributed by atoms with Gasteiger partial charge in [-0.25, -0.2) is 5.48 Å². The first-order chi connectivity index (χ1) is 12.6. The zero-order chi connectivity index (χ0) is 18.5. The van der Waals surface area contributed by atoms with Crippen molar-refractivity contribution in [2.24, 2.45) is 0 Å². The molecule has 1 aromatic carbocycles. The summed E-state index contributed by atoms with van der Waals surface area (Å²) in [4.78, 5) is 23.3. The third kappa shape index (κ3) is 3.99. The number of thioether (sulfide) groups is 1. The van der Waals surface area contributed by atoms with Crippen molar-refractivity contribution in [3.8, 4) is 0 Å². The van der Waals surface area contributed by atoms with Gasteiger partial charge in [0.05, 0.1) is 18.9 Å². The molecule has 1 amide bonds. The van der Waals surface area contributed by atoms with Crippen LogP contribution in [0.3, 0.4) is 0 Å². The molecule has 0 aliphatic heterocycles. The Balaban J connectivity index is 1.98. The zero-order valence-corrected chi connectivity index (χ0v) is 16.0. The summed E-state index contributed by atoms with van der Waals surface area (Å²) in [5.74, 6) is -0.361. The fourth-order valence-corrected chi connectivity index (χ4v) is 3.98. The normalized spacial score (nSPS) is 10.9. The minimum atomic E-state index is -0.361. The first-order valence-corrected chi connectivity index (χ1v) is 9.99. The largest absolute Gasteiger partial charge is 0.394 e. The van der Waals surface area contributed by atoms with Crippen LogP contribution in [-0.2, 0) is 4.84 Å². The van der Waals surface area contributed by atoms with Gasteiger partial charge in [0, 0.05) is 33.1 Å². The summed E-state index contributed by atoms with van der Waals surface area (Å²) in [5.41, 5.74) is 5.08. The molecule has 6 nitrogen and oxygen atoms in total. The molecule has 0 atom stereocenters. The smallest absolute Gasteiger partial charge is 0.287 e. The summed E-state index contributed by atoms with van der Waals surface area (Å²) < 4.78 is 0.952. The number of fused-ring (bicyclic) bond motifs is 1. The van der Waals surface area contributed by atoms with Crippen molar-refractivity contribution in [3.05, 3.63) is 47.1 Å². The fraction of sp³-hybridized carbons (Fsp3) is 0.222. The van der Waals surface area contributed by atoms with Gasteiger partial charge in [-0.2, -0.15) is 0 Å². The van der Waals surface area contributed by atoms with E-state index in [4.69, 9.17) is 9.94 Å². The van der Waals surface area contributed by atoms with Gasteiger partial charge < -0.3 is 10.4 Å². The number of carbonyl (C=O) groups excluding carboxylic acids is 1. The van der Waals surface area contributed by atoms with Gasteiger partial charge in [-0.1, -0.05) is 0 Å². The Morgan fingerprint density at radius 1 is 1.38 bits per heavy atom. The molecule has 2 heterocycles. The number of carbonyl (C=O) groups is 1. The minimum Gasteiger partial charge on any atom is -0.394 e. The molecule has 3 aromatic rings. The van der Waals surface area contributed by atoms with Crippen LogP contribution >= 0.6 is 23.1 Å². The number of anilines is 2. The number of nitrogens with one attached hydrogen (secondary N) is 2. The summed E-state index contributed by atoms with van der Waals surface area (Å²) in [6.07, 6.45) is 5.48. The first-order valence-electron chi connectivity index (χ1n) is 7.95. The van der Waals surface area contributed by atoms with Crippen molar-refractivity contribution in [3.63, 3.8) is 0 Å². The number of thiophene rings is 1. The van der Waals surface area contributed by atoms with E-state index in [1.54, 1.807) is 24.2 Å². The average molecular weight is 390 g/mol. The number of aliphatic hydroxyl groups is 1. The molecule has 0 radical (unpaired) electrons. The molecule has 0 saturated carbocycles. The number of pyridine rings is 1. The van der Waals surface area contributed by atoms with E-state index < -0.39 is 0 Å². The topological polar surface area (TPSA) is 83.5 Å². The molecule has 0 unspecified atom stereocenters. The highest BCUT2D eigenvalue weighted by Crippen LogP contribution is 2.38. The lowest BCUT2D eigenvalue weighted by atomic mass is 10.2. The van der Waals surface area contributed by atoms with Crippen LogP contribution in [0.2, 0.25) is 0 Å². The third-order valence-electron chi connectivity index (χ3n) is 3.75. The molecule has 0 aliphatic rings. The van der Waals surface area contributed by atoms with Gasteiger partial charge in [0.1, 0.15) is 4.88 Å². The molecule has 3 N–H and O–H groups in total. The van der Waals surface area contributed by atoms with Crippen LogP contribution in [0.4, 0.5) is 11.4 Å². The number of aromatic nitrogens is 1. The Morgan fingerprint density at radius 3 is 2.96 bits per heavy atom. The molecule has 0 aliphatic carbocycles. The van der Waals surface area contributed by atoms with Crippen molar-refractivity contribution in [1.82, 2.24) is 10.5 Å². The maximum atomic E-state index is 12.5. The number of aryl methyl sites for hydroxylation is 1. The second kappa shape index (κ2) is 8.50. The van der Waals surface area contributed by atoms with E-state index in [2.05, 4.69) is 21.8 Å². The lowest BCUT2D eigenvalue weighted by molar-refractivity contribution is 0.0172. The average Bonchev–Trinajstić information content (AvgIpc) is 3.02. The van der Waals surface area contributed by atoms with Crippen LogP contribution in [0.15, 0.2) is 41.6 Å². The Hall–Kier alpha value is -2.13. The van der Waals surface area contributed by atoms with Gasteiger partial charge in [-0.3, -0.25) is 14.6 Å². The molecular weight excluding hydrogens is 370 g/mol. The zero-order valence-electron chi connectivity index (χ0n) is 14.4. The second-order valence-corrected chi connectivity index (χ2v) is 7.42. The Morgan fingerprint density at radius 2 is 2.23 bits per heavy atom. The number of hydroxylamine groups is 1. The van der Waals surface area contributed by atoms with Crippen LogP contribution in [0.1, 0.15) is 15.2 Å². The Kier molecular flexibility index (Phi) is 6.10. The predicted octanol–water partition coefficient (Wildman–Crippen LogP) is 3.72. The van der Waals surface area contributed by atoms with Crippen LogP contribution < -0.4 is 10.8 Å². The van der Waals surface area contributed by atoms with Crippen molar-refractivity contribution in [1.29, 1.82) is 0 Å². The monoisotopic (exact) mass is 389 g/mol. The van der Waals surface area contributed by atoms with Crippen molar-refractivity contribution in [2.45, 2.75) is 11.8 Å². The second-order valence-electron chi connectivity index (χ2n) is 5.49. The maximum absolute atomic E-state index is 12.5. The standard InChI is InChI=1S/C18H19N3O3S2/c1-11-9-12(25-2)3-4-14(11)20-16-13-10-19-6-5-15(13)26-17(16)18(23)21-24-8-7-22/h3-6,9-10,20,22H,7-8H2,1-2H3,(H,21,23). The highest BCUT2D eigenvalue weighted by atomic mass is 32.2. The van der Waals surface area contributed by atoms with Crippen LogP contribution in [-0.4, -0.2) is 35.5 Å². The Labute approximate surface area is 159 Å². The lowest BCUT2D eigenvalue weighted by Crippen LogP contribution is -2.24. The summed E-state index contributed by atoms with van der Waals surface area (Å²) in [6.45, 7) is 1.90. The van der Waals surface area contributed by atoms with Crippen molar-refractivity contribution < 1.29 is 14.7 Å². The number of aliphatic hydroxyl groups excluding tert-OH is 1. The van der Waals surface area contributed by atoms with Crippen LogP contribution in [0.5, 0.6) is 0 Å². The van der Waals surface area contributed by atoms with Gasteiger partial charge in [0.15, 0.2) is 0 Å². The molecule has 0 spiro atoms. The SMILES string of the molecule is CSc1ccc(Nc2c(C(=O)NOCCO)sc3ccncc23)c(C)c1. The molecule has 0 saturated heterocycles. The van der Waals surface area contributed by atoms with E-state index in [9.17, 15) is 4.79 Å². The van der Waals surface area contributed by atoms with E-state index >= 15 is 0 Å². The molecule has 136 valence electrons. The van der Waals surface area contributed by atoms with Gasteiger partial charge in [0.2, 0.25) is 0 Å². The molecule has 26 heavy (non-hydrogen) atoms. The quantitative estimate of drug-likeness (QED) is 0.324. The molecule has 3 rings (SSSR count). The van der Waals surface area contributed by atoms with Crippen molar-refractivity contribution in [2.75, 3.05) is 24.8 Å². The number of amides is 1. The van der Waals surface area contributed by atoms with E-state index in [0.29, 0.717) is 10.6 Å². The van der Waals surface area contributed by atoms with Gasteiger partial charge >= 0.3 is 0 Å². The van der Waals surface area contributed by atoms with E-state index in [1.165, 1.54) is 16.2 Å². The highest BCUT2D eigenvalue weighted by molar-refractivity contribution is 7.98. The van der Waals surface area contributed by atoms with E-state index in [1.807, 2.05) is 31.4 Å². The van der Waals surface area contributed by atoms with E-state index in [0.717, 1.165) is 21.3 Å². The van der Waals surface area contributed by atoms with Gasteiger partial charge in [0.25, 0.3) is 5.91 Å². The summed E-state index contributed by atoms with van der Waals surface area (Å²) in [6, 6.07) is 8.02. The molecular formula is C18H19N3O3S2. The third-order valence-corrected chi connectivity index (χ3v) is 5.64. The lowest BCUT2D eigenvalue weighted by Gasteiger charge is -2.12. The minimum absolute atomic E-state index is 0.0379. The highest BCUT2D eigenvalue weighted by Gasteiger charge is 2.19. The fourth-order valence-electron chi connectivity index (χ4n) is 2.47. The van der Waals surface area contributed by atoms with Gasteiger partial charge in [-0.15, -0.1) is 23.1 Å². The molecule has 0 bridgehead atoms. The number of nitrogens with zero attached hydrogens (tertiary/aromatic N) is 1. The summed E-state index contributed by atoms with van der Waals surface area (Å²) in [5, 5.41) is 13.0. The number of hydrogen-bond donors (Lipinski definition) is 3. The maximum Gasteiger partial charge on any atom is 0.287 e. The number of hydrogen-bond acceptors (Lipinski definition) is 7. The van der Waals surface area contributed by atoms with Crippen LogP contribution in [0, 0.1) is 6.92 Å². The first kappa shape index (κ1) is 18.7. The number of rotatable bonds is 7. The molecule has 0 fully saturated rings. The Bertz CT molecular complexity index is 927. The predicted molar refractivity (Wildman–Crippen MR) is 106 cm³/mol. The molecule has 8 heteroatoms. The summed E-state index contributed by atoms with van der Waals surface area (Å²) in [7, 11) is 0. The van der Waals surface area contributed by atoms with Crippen molar-refractivity contribution >= 4 is 50.5 Å². The summed E-state index contributed by atoms with van der Waals surface area (Å²) >= 11 is 3.05. The van der Waals surface area contributed by atoms with Gasteiger partial charge in [-0.05, 0) is 43.0 Å². The number of benzene rings is 1. The van der Waals surface area contributed by atoms with E-state index in [-0.39, 0.29) is 19.1 Å². The van der Waals surface area contributed by atoms with Crippen LogP contribution in [0.25, 0.3) is 10.1 Å².